The van der Waals surface area contributed by atoms with Gasteiger partial charge in [-0.3, -0.25) is 0 Å². The molecule has 100 valence electrons. The maximum Gasteiger partial charge on any atom is 0.119 e. The van der Waals surface area contributed by atoms with E-state index in [0.717, 1.165) is 26.6 Å². The molecule has 0 aliphatic heterocycles. The zero-order valence-corrected chi connectivity index (χ0v) is 12.4. The molecule has 4 heteroatoms. The van der Waals surface area contributed by atoms with Crippen LogP contribution >= 0.6 is 23.4 Å². The molecule has 0 unspecified atom stereocenters. The Hall–Kier alpha value is -1.71. The Morgan fingerprint density at radius 1 is 1.05 bits per heavy atom. The van der Waals surface area contributed by atoms with Crippen LogP contribution in [0, 0.1) is 0 Å². The number of methoxy groups -OCH3 is 1. The fourth-order valence-corrected chi connectivity index (χ4v) is 2.92. The SMILES string of the molecule is COc1cccc(Sc2ccc3ccc(Cl)cc3n2)c1. The van der Waals surface area contributed by atoms with Gasteiger partial charge in [0.1, 0.15) is 10.8 Å². The van der Waals surface area contributed by atoms with E-state index in [9.17, 15) is 0 Å². The number of ether oxygens (including phenoxy) is 1. The lowest BCUT2D eigenvalue weighted by atomic mass is 10.2. The van der Waals surface area contributed by atoms with E-state index in [1.54, 1.807) is 18.9 Å². The summed E-state index contributed by atoms with van der Waals surface area (Å²) in [5.41, 5.74) is 0.908. The molecule has 0 aliphatic carbocycles. The van der Waals surface area contributed by atoms with Crippen LogP contribution in [-0.4, -0.2) is 12.1 Å². The number of rotatable bonds is 3. The molecule has 0 radical (unpaired) electrons. The van der Waals surface area contributed by atoms with Crippen LogP contribution in [0.4, 0.5) is 0 Å². The molecule has 0 saturated carbocycles. The standard InChI is InChI=1S/C16H12ClNOS/c1-19-13-3-2-4-14(10-13)20-16-8-6-11-5-7-12(17)9-15(11)18-16/h2-10H,1H3. The Kier molecular flexibility index (Phi) is 3.81. The first-order valence-corrected chi connectivity index (χ1v) is 7.32. The molecule has 0 amide bonds. The molecule has 2 aromatic carbocycles. The van der Waals surface area contributed by atoms with Gasteiger partial charge in [0, 0.05) is 15.3 Å². The van der Waals surface area contributed by atoms with Crippen LogP contribution in [0.25, 0.3) is 10.9 Å². The van der Waals surface area contributed by atoms with Crippen LogP contribution in [-0.2, 0) is 0 Å². The molecule has 2 nitrogen and oxygen atoms in total. The lowest BCUT2D eigenvalue weighted by molar-refractivity contribution is 0.413. The van der Waals surface area contributed by atoms with E-state index in [4.69, 9.17) is 16.3 Å². The molecular weight excluding hydrogens is 290 g/mol. The summed E-state index contributed by atoms with van der Waals surface area (Å²) in [6, 6.07) is 17.7. The van der Waals surface area contributed by atoms with Crippen molar-refractivity contribution in [3.63, 3.8) is 0 Å². The van der Waals surface area contributed by atoms with Gasteiger partial charge < -0.3 is 4.74 Å². The number of hydrogen-bond donors (Lipinski definition) is 0. The van der Waals surface area contributed by atoms with Crippen molar-refractivity contribution < 1.29 is 4.74 Å². The van der Waals surface area contributed by atoms with Gasteiger partial charge in [-0.15, -0.1) is 0 Å². The lowest BCUT2D eigenvalue weighted by Gasteiger charge is -2.05. The van der Waals surface area contributed by atoms with Gasteiger partial charge in [-0.1, -0.05) is 41.6 Å². The second kappa shape index (κ2) is 5.73. The molecule has 0 fully saturated rings. The normalized spacial score (nSPS) is 10.7. The highest BCUT2D eigenvalue weighted by Crippen LogP contribution is 2.30. The quantitative estimate of drug-likeness (QED) is 0.676. The van der Waals surface area contributed by atoms with Crippen molar-refractivity contribution >= 4 is 34.3 Å². The molecule has 0 bridgehead atoms. The molecular formula is C16H12ClNOS. The van der Waals surface area contributed by atoms with Crippen molar-refractivity contribution in [2.45, 2.75) is 9.92 Å². The maximum absolute atomic E-state index is 6.01. The first-order valence-electron chi connectivity index (χ1n) is 6.13. The molecule has 1 aromatic heterocycles. The van der Waals surface area contributed by atoms with E-state index in [1.807, 2.05) is 48.5 Å². The Morgan fingerprint density at radius 3 is 2.75 bits per heavy atom. The molecule has 3 rings (SSSR count). The third kappa shape index (κ3) is 2.89. The summed E-state index contributed by atoms with van der Waals surface area (Å²) in [6.07, 6.45) is 0. The Labute approximate surface area is 126 Å². The molecule has 0 aliphatic rings. The summed E-state index contributed by atoms with van der Waals surface area (Å²) >= 11 is 7.61. The second-order valence-electron chi connectivity index (χ2n) is 4.27. The minimum absolute atomic E-state index is 0.702. The number of aromatic nitrogens is 1. The predicted molar refractivity (Wildman–Crippen MR) is 83.9 cm³/mol. The van der Waals surface area contributed by atoms with Gasteiger partial charge in [0.05, 0.1) is 12.6 Å². The zero-order valence-electron chi connectivity index (χ0n) is 10.8. The first kappa shape index (κ1) is 13.3. The van der Waals surface area contributed by atoms with Crippen molar-refractivity contribution in [2.24, 2.45) is 0 Å². The van der Waals surface area contributed by atoms with Gasteiger partial charge in [0.25, 0.3) is 0 Å². The maximum atomic E-state index is 6.01. The van der Waals surface area contributed by atoms with Crippen molar-refractivity contribution in [1.29, 1.82) is 0 Å². The number of benzene rings is 2. The zero-order chi connectivity index (χ0) is 13.9. The van der Waals surface area contributed by atoms with Crippen LogP contribution < -0.4 is 4.74 Å². The topological polar surface area (TPSA) is 22.1 Å². The van der Waals surface area contributed by atoms with E-state index in [-0.39, 0.29) is 0 Å². The summed E-state index contributed by atoms with van der Waals surface area (Å²) in [5.74, 6) is 0.846. The largest absolute Gasteiger partial charge is 0.497 e. The molecule has 20 heavy (non-hydrogen) atoms. The lowest BCUT2D eigenvalue weighted by Crippen LogP contribution is -1.84. The second-order valence-corrected chi connectivity index (χ2v) is 5.80. The Bertz CT molecular complexity index is 760. The first-order chi connectivity index (χ1) is 9.74. The Morgan fingerprint density at radius 2 is 1.90 bits per heavy atom. The van der Waals surface area contributed by atoms with Gasteiger partial charge in [-0.05, 0) is 36.4 Å². The molecule has 0 N–H and O–H groups in total. The molecule has 0 spiro atoms. The average Bonchev–Trinajstić information content (AvgIpc) is 2.47. The molecule has 0 atom stereocenters. The van der Waals surface area contributed by atoms with Crippen LogP contribution in [0.5, 0.6) is 5.75 Å². The van der Waals surface area contributed by atoms with Crippen LogP contribution in [0.15, 0.2) is 64.5 Å². The minimum atomic E-state index is 0.702. The molecule has 1 heterocycles. The van der Waals surface area contributed by atoms with Crippen LogP contribution in [0.3, 0.4) is 0 Å². The highest BCUT2D eigenvalue weighted by molar-refractivity contribution is 7.99. The smallest absolute Gasteiger partial charge is 0.119 e. The number of halogens is 1. The van der Waals surface area contributed by atoms with E-state index in [2.05, 4.69) is 11.1 Å². The van der Waals surface area contributed by atoms with Gasteiger partial charge in [0.2, 0.25) is 0 Å². The van der Waals surface area contributed by atoms with Crippen molar-refractivity contribution in [3.8, 4) is 5.75 Å². The fourth-order valence-electron chi connectivity index (χ4n) is 1.91. The summed E-state index contributed by atoms with van der Waals surface area (Å²) < 4.78 is 5.23. The van der Waals surface area contributed by atoms with Gasteiger partial charge >= 0.3 is 0 Å². The minimum Gasteiger partial charge on any atom is -0.497 e. The van der Waals surface area contributed by atoms with Gasteiger partial charge in [0.15, 0.2) is 0 Å². The van der Waals surface area contributed by atoms with Gasteiger partial charge in [-0.25, -0.2) is 4.98 Å². The van der Waals surface area contributed by atoms with Crippen molar-refractivity contribution in [1.82, 2.24) is 4.98 Å². The predicted octanol–water partition coefficient (Wildman–Crippen LogP) is 5.05. The summed E-state index contributed by atoms with van der Waals surface area (Å²) in [4.78, 5) is 5.72. The summed E-state index contributed by atoms with van der Waals surface area (Å²) in [7, 11) is 1.67. The number of pyridine rings is 1. The van der Waals surface area contributed by atoms with Crippen LogP contribution in [0.2, 0.25) is 5.02 Å². The van der Waals surface area contributed by atoms with Gasteiger partial charge in [-0.2, -0.15) is 0 Å². The van der Waals surface area contributed by atoms with Crippen molar-refractivity contribution in [3.05, 3.63) is 59.6 Å². The molecule has 0 saturated heterocycles. The fraction of sp³-hybridized carbons (Fsp3) is 0.0625. The average molecular weight is 302 g/mol. The molecule has 3 aromatic rings. The highest BCUT2D eigenvalue weighted by Gasteiger charge is 2.03. The van der Waals surface area contributed by atoms with Crippen molar-refractivity contribution in [2.75, 3.05) is 7.11 Å². The van der Waals surface area contributed by atoms with Crippen LogP contribution in [0.1, 0.15) is 0 Å². The monoisotopic (exact) mass is 301 g/mol. The number of nitrogens with zero attached hydrogens (tertiary/aromatic N) is 1. The summed E-state index contributed by atoms with van der Waals surface area (Å²) in [6.45, 7) is 0. The van der Waals surface area contributed by atoms with E-state index in [0.29, 0.717) is 5.02 Å². The third-order valence-corrected chi connectivity index (χ3v) is 4.05. The highest BCUT2D eigenvalue weighted by atomic mass is 35.5. The van der Waals surface area contributed by atoms with E-state index < -0.39 is 0 Å². The van der Waals surface area contributed by atoms with E-state index in [1.165, 1.54) is 0 Å². The summed E-state index contributed by atoms with van der Waals surface area (Å²) in [5, 5.41) is 2.73. The van der Waals surface area contributed by atoms with E-state index >= 15 is 0 Å². The Balaban J connectivity index is 1.93. The third-order valence-electron chi connectivity index (χ3n) is 2.89. The number of hydrogen-bond acceptors (Lipinski definition) is 3. The number of fused-ring (bicyclic) bond motifs is 1.